The van der Waals surface area contributed by atoms with Crippen molar-refractivity contribution in [1.29, 1.82) is 0 Å². The Hall–Kier alpha value is -2.36. The molecule has 0 aromatic carbocycles. The summed E-state index contributed by atoms with van der Waals surface area (Å²) in [5, 5.41) is 18.4. The summed E-state index contributed by atoms with van der Waals surface area (Å²) in [6.07, 6.45) is 12.2. The SMILES string of the molecule is CCCCCCCCCCCC(=O)N[C@@H](CCCN=C(N)N)C(=O)OCC.O=C(O)CCO. The topological polar surface area (TPSA) is 177 Å². The van der Waals surface area contributed by atoms with Gasteiger partial charge in [-0.05, 0) is 26.2 Å². The predicted octanol–water partition coefficient (Wildman–Crippen LogP) is 2.46. The molecule has 0 rings (SSSR count). The summed E-state index contributed by atoms with van der Waals surface area (Å²) in [5.74, 6) is -1.44. The number of aliphatic carboxylic acids is 1. The van der Waals surface area contributed by atoms with Gasteiger partial charge in [-0.15, -0.1) is 0 Å². The van der Waals surface area contributed by atoms with E-state index in [0.29, 0.717) is 25.8 Å². The highest BCUT2D eigenvalue weighted by Crippen LogP contribution is 2.11. The molecule has 10 heteroatoms. The lowest BCUT2D eigenvalue weighted by molar-refractivity contribution is -0.147. The quantitative estimate of drug-likeness (QED) is 0.0820. The average Bonchev–Trinajstić information content (AvgIpc) is 2.75. The van der Waals surface area contributed by atoms with E-state index in [0.717, 1.165) is 12.8 Å². The lowest BCUT2D eigenvalue weighted by atomic mass is 10.1. The Kier molecular flexibility index (Phi) is 24.2. The van der Waals surface area contributed by atoms with Crippen molar-refractivity contribution < 1.29 is 29.3 Å². The van der Waals surface area contributed by atoms with Crippen LogP contribution < -0.4 is 16.8 Å². The predicted molar refractivity (Wildman–Crippen MR) is 130 cm³/mol. The number of nitrogens with one attached hydrogen (secondary N) is 1. The maximum absolute atomic E-state index is 12.1. The van der Waals surface area contributed by atoms with E-state index in [1.807, 2.05) is 0 Å². The second kappa shape index (κ2) is 24.3. The van der Waals surface area contributed by atoms with Crippen LogP contribution >= 0.6 is 0 Å². The molecule has 0 aliphatic heterocycles. The molecule has 0 aromatic heterocycles. The first kappa shape index (κ1) is 32.8. The maximum atomic E-state index is 12.1. The summed E-state index contributed by atoms with van der Waals surface area (Å²) in [6.45, 7) is 4.42. The number of carbonyl (C=O) groups is 3. The van der Waals surface area contributed by atoms with Gasteiger partial charge in [0.2, 0.25) is 5.91 Å². The van der Waals surface area contributed by atoms with E-state index >= 15 is 0 Å². The molecule has 10 nitrogen and oxygen atoms in total. The zero-order valence-electron chi connectivity index (χ0n) is 20.5. The van der Waals surface area contributed by atoms with E-state index in [-0.39, 0.29) is 31.5 Å². The third-order valence-electron chi connectivity index (χ3n) is 4.68. The highest BCUT2D eigenvalue weighted by molar-refractivity contribution is 5.84. The molecule has 0 heterocycles. The monoisotopic (exact) mass is 474 g/mol. The molecular weight excluding hydrogens is 428 g/mol. The standard InChI is InChI=1S/C20H40N4O3.C3H6O3/c1-3-5-6-7-8-9-10-11-12-15-18(25)24-17(19(26)27-4-2)14-13-16-23-20(21)22;4-2-1-3(5)6/h17H,3-16H2,1-2H3,(H,24,25)(H4,21,22,23);4H,1-2H2,(H,5,6)/t17-;/m0./s1. The number of carboxylic acids is 1. The van der Waals surface area contributed by atoms with Crippen LogP contribution in [0.2, 0.25) is 0 Å². The molecule has 0 bridgehead atoms. The van der Waals surface area contributed by atoms with Gasteiger partial charge in [0.15, 0.2) is 5.96 Å². The second-order valence-corrected chi connectivity index (χ2v) is 7.77. The van der Waals surface area contributed by atoms with Crippen LogP contribution in [-0.4, -0.2) is 59.8 Å². The molecule has 1 amide bonds. The lowest BCUT2D eigenvalue weighted by Crippen LogP contribution is -2.42. The first-order valence-corrected chi connectivity index (χ1v) is 12.1. The van der Waals surface area contributed by atoms with E-state index in [1.165, 1.54) is 44.9 Å². The van der Waals surface area contributed by atoms with Crippen molar-refractivity contribution in [3.63, 3.8) is 0 Å². The number of unbranched alkanes of at least 4 members (excludes halogenated alkanes) is 8. The Morgan fingerprint density at radius 2 is 1.48 bits per heavy atom. The van der Waals surface area contributed by atoms with E-state index in [9.17, 15) is 14.4 Å². The van der Waals surface area contributed by atoms with Crippen LogP contribution in [0.15, 0.2) is 4.99 Å². The molecule has 0 saturated heterocycles. The van der Waals surface area contributed by atoms with Crippen LogP contribution in [-0.2, 0) is 19.1 Å². The first-order valence-electron chi connectivity index (χ1n) is 12.1. The number of ether oxygens (including phenoxy) is 1. The molecule has 0 radical (unpaired) electrons. The maximum Gasteiger partial charge on any atom is 0.328 e. The third-order valence-corrected chi connectivity index (χ3v) is 4.68. The van der Waals surface area contributed by atoms with Gasteiger partial charge < -0.3 is 31.7 Å². The number of amides is 1. The molecular formula is C23H46N4O6. The van der Waals surface area contributed by atoms with E-state index in [2.05, 4.69) is 17.2 Å². The number of hydrogen-bond acceptors (Lipinski definition) is 6. The Labute approximate surface area is 198 Å². The second-order valence-electron chi connectivity index (χ2n) is 7.77. The fourth-order valence-corrected chi connectivity index (χ4v) is 2.95. The van der Waals surface area contributed by atoms with Crippen molar-refractivity contribution in [2.45, 2.75) is 103 Å². The van der Waals surface area contributed by atoms with Crippen LogP contribution in [0.25, 0.3) is 0 Å². The Bertz CT molecular complexity index is 539. The summed E-state index contributed by atoms with van der Waals surface area (Å²) in [4.78, 5) is 37.5. The van der Waals surface area contributed by atoms with Crippen molar-refractivity contribution in [1.82, 2.24) is 5.32 Å². The number of carbonyl (C=O) groups excluding carboxylic acids is 2. The number of nitrogens with zero attached hydrogens (tertiary/aromatic N) is 1. The minimum absolute atomic E-state index is 0.0251. The number of aliphatic hydroxyl groups is 1. The van der Waals surface area contributed by atoms with Gasteiger partial charge in [0.25, 0.3) is 0 Å². The smallest absolute Gasteiger partial charge is 0.328 e. The summed E-state index contributed by atoms with van der Waals surface area (Å²) in [6, 6.07) is -0.634. The van der Waals surface area contributed by atoms with Crippen molar-refractivity contribution >= 4 is 23.8 Å². The van der Waals surface area contributed by atoms with Gasteiger partial charge in [-0.3, -0.25) is 14.6 Å². The Morgan fingerprint density at radius 3 is 1.94 bits per heavy atom. The van der Waals surface area contributed by atoms with Gasteiger partial charge in [-0.1, -0.05) is 58.3 Å². The number of aliphatic imine (C=N–C) groups is 1. The van der Waals surface area contributed by atoms with Gasteiger partial charge in [-0.25, -0.2) is 4.79 Å². The molecule has 194 valence electrons. The molecule has 1 atom stereocenters. The minimum Gasteiger partial charge on any atom is -0.481 e. The number of carboxylic acid groups (broad SMARTS) is 1. The zero-order valence-corrected chi connectivity index (χ0v) is 20.5. The normalized spacial score (nSPS) is 11.0. The van der Waals surface area contributed by atoms with Gasteiger partial charge in [0, 0.05) is 13.0 Å². The van der Waals surface area contributed by atoms with Crippen molar-refractivity contribution in [3.05, 3.63) is 0 Å². The molecule has 33 heavy (non-hydrogen) atoms. The molecule has 0 unspecified atom stereocenters. The Morgan fingerprint density at radius 1 is 0.909 bits per heavy atom. The lowest BCUT2D eigenvalue weighted by Gasteiger charge is -2.17. The van der Waals surface area contributed by atoms with Gasteiger partial charge in [0.1, 0.15) is 6.04 Å². The van der Waals surface area contributed by atoms with Crippen LogP contribution in [0.1, 0.15) is 97.3 Å². The number of aliphatic hydroxyl groups excluding tert-OH is 1. The van der Waals surface area contributed by atoms with Crippen LogP contribution in [0, 0.1) is 0 Å². The number of nitrogens with two attached hydrogens (primary N) is 2. The molecule has 0 saturated carbocycles. The first-order chi connectivity index (χ1) is 15.8. The number of guanidine groups is 1. The molecule has 7 N–H and O–H groups in total. The van der Waals surface area contributed by atoms with E-state index in [1.54, 1.807) is 6.92 Å². The molecule has 0 spiro atoms. The largest absolute Gasteiger partial charge is 0.481 e. The fourth-order valence-electron chi connectivity index (χ4n) is 2.95. The van der Waals surface area contributed by atoms with Crippen molar-refractivity contribution in [3.8, 4) is 0 Å². The average molecular weight is 475 g/mol. The summed E-state index contributed by atoms with van der Waals surface area (Å²) < 4.78 is 5.04. The zero-order chi connectivity index (χ0) is 25.3. The van der Waals surface area contributed by atoms with Crippen LogP contribution in [0.3, 0.4) is 0 Å². The number of esters is 1. The van der Waals surface area contributed by atoms with Crippen molar-refractivity contribution in [2.75, 3.05) is 19.8 Å². The molecule has 0 fully saturated rings. The summed E-state index contributed by atoms with van der Waals surface area (Å²) in [5.41, 5.74) is 10.6. The molecule has 0 aliphatic rings. The fraction of sp³-hybridized carbons (Fsp3) is 0.826. The van der Waals surface area contributed by atoms with Gasteiger partial charge in [-0.2, -0.15) is 0 Å². The summed E-state index contributed by atoms with van der Waals surface area (Å²) >= 11 is 0. The highest BCUT2D eigenvalue weighted by atomic mass is 16.5. The van der Waals surface area contributed by atoms with Crippen LogP contribution in [0.5, 0.6) is 0 Å². The minimum atomic E-state index is -0.961. The highest BCUT2D eigenvalue weighted by Gasteiger charge is 2.21. The third kappa shape index (κ3) is 25.8. The summed E-state index contributed by atoms with van der Waals surface area (Å²) in [7, 11) is 0. The van der Waals surface area contributed by atoms with Gasteiger partial charge in [0.05, 0.1) is 19.6 Å². The number of rotatable bonds is 19. The van der Waals surface area contributed by atoms with Crippen molar-refractivity contribution in [2.24, 2.45) is 16.5 Å². The van der Waals surface area contributed by atoms with E-state index in [4.69, 9.17) is 26.4 Å². The molecule has 0 aliphatic carbocycles. The van der Waals surface area contributed by atoms with Gasteiger partial charge >= 0.3 is 11.9 Å². The number of hydrogen-bond donors (Lipinski definition) is 5. The Balaban J connectivity index is 0. The van der Waals surface area contributed by atoms with E-state index < -0.39 is 18.0 Å². The molecule has 0 aromatic rings. The van der Waals surface area contributed by atoms with Crippen LogP contribution in [0.4, 0.5) is 0 Å².